The van der Waals surface area contributed by atoms with Crippen molar-refractivity contribution in [2.45, 2.75) is 5.75 Å². The molecule has 15 heavy (non-hydrogen) atoms. The molecular weight excluding hydrogens is 230 g/mol. The molecule has 7 heteroatoms. The molecule has 0 aliphatic carbocycles. The van der Waals surface area contributed by atoms with Crippen molar-refractivity contribution in [1.29, 1.82) is 0 Å². The molecular formula is C8H15N5S2. The number of thiazole rings is 1. The van der Waals surface area contributed by atoms with Crippen LogP contribution in [0.25, 0.3) is 0 Å². The van der Waals surface area contributed by atoms with Gasteiger partial charge in [0.1, 0.15) is 0 Å². The van der Waals surface area contributed by atoms with Gasteiger partial charge in [-0.25, -0.2) is 4.98 Å². The lowest BCUT2D eigenvalue weighted by atomic mass is 10.6. The molecule has 0 aliphatic rings. The van der Waals surface area contributed by atoms with Crippen molar-refractivity contribution in [3.05, 3.63) is 11.1 Å². The average molecular weight is 245 g/mol. The molecule has 0 saturated heterocycles. The fraction of sp³-hybridized carbons (Fsp3) is 0.500. The summed E-state index contributed by atoms with van der Waals surface area (Å²) in [6.45, 7) is 0.822. The van der Waals surface area contributed by atoms with Crippen LogP contribution in [0.15, 0.2) is 11.2 Å². The van der Waals surface area contributed by atoms with Gasteiger partial charge < -0.3 is 16.8 Å². The summed E-state index contributed by atoms with van der Waals surface area (Å²) in [5, 5.41) is 3.62. The molecule has 1 heterocycles. The Morgan fingerprint density at radius 3 is 3.13 bits per heavy atom. The largest absolute Gasteiger partial charge is 0.375 e. The van der Waals surface area contributed by atoms with E-state index in [9.17, 15) is 0 Å². The number of rotatable bonds is 5. The van der Waals surface area contributed by atoms with Crippen LogP contribution < -0.4 is 16.8 Å². The third-order valence-corrected chi connectivity index (χ3v) is 3.63. The van der Waals surface area contributed by atoms with Crippen LogP contribution in [0.3, 0.4) is 0 Å². The summed E-state index contributed by atoms with van der Waals surface area (Å²) in [4.78, 5) is 8.99. The Hall–Kier alpha value is -0.950. The fourth-order valence-electron chi connectivity index (χ4n) is 0.892. The van der Waals surface area contributed by atoms with Gasteiger partial charge in [-0.2, -0.15) is 11.8 Å². The van der Waals surface area contributed by atoms with E-state index in [1.165, 1.54) is 16.2 Å². The molecule has 0 atom stereocenters. The van der Waals surface area contributed by atoms with Crippen molar-refractivity contribution in [2.24, 2.45) is 10.7 Å². The van der Waals surface area contributed by atoms with Gasteiger partial charge in [0.25, 0.3) is 0 Å². The van der Waals surface area contributed by atoms with Gasteiger partial charge in [-0.1, -0.05) is 0 Å². The Morgan fingerprint density at radius 2 is 2.53 bits per heavy atom. The fourth-order valence-corrected chi connectivity index (χ4v) is 2.52. The zero-order valence-corrected chi connectivity index (χ0v) is 10.2. The van der Waals surface area contributed by atoms with E-state index in [0.717, 1.165) is 18.1 Å². The quantitative estimate of drug-likeness (QED) is 0.399. The van der Waals surface area contributed by atoms with Crippen LogP contribution in [0.5, 0.6) is 0 Å². The van der Waals surface area contributed by atoms with E-state index >= 15 is 0 Å². The van der Waals surface area contributed by atoms with Crippen LogP contribution in [-0.2, 0) is 5.75 Å². The summed E-state index contributed by atoms with van der Waals surface area (Å²) in [7, 11) is 1.66. The number of nitrogens with two attached hydrogens (primary N) is 2. The number of thioether (sulfide) groups is 1. The van der Waals surface area contributed by atoms with Crippen LogP contribution in [0.4, 0.5) is 5.13 Å². The van der Waals surface area contributed by atoms with Crippen LogP contribution in [0.1, 0.15) is 4.88 Å². The molecule has 0 fully saturated rings. The summed E-state index contributed by atoms with van der Waals surface area (Å²) >= 11 is 3.35. The predicted molar refractivity (Wildman–Crippen MR) is 68.2 cm³/mol. The maximum Gasteiger partial charge on any atom is 0.188 e. The third kappa shape index (κ3) is 4.89. The van der Waals surface area contributed by atoms with Crippen molar-refractivity contribution in [3.63, 3.8) is 0 Å². The van der Waals surface area contributed by atoms with E-state index in [0.29, 0.717) is 11.1 Å². The Bertz CT molecular complexity index is 323. The minimum Gasteiger partial charge on any atom is -0.375 e. The molecule has 1 aromatic rings. The van der Waals surface area contributed by atoms with Gasteiger partial charge in [-0.15, -0.1) is 11.3 Å². The minimum atomic E-state index is 0.484. The Labute approximate surface area is 97.4 Å². The van der Waals surface area contributed by atoms with E-state index in [2.05, 4.69) is 15.3 Å². The topological polar surface area (TPSA) is 89.3 Å². The van der Waals surface area contributed by atoms with E-state index in [4.69, 9.17) is 11.5 Å². The van der Waals surface area contributed by atoms with E-state index < -0.39 is 0 Å². The van der Waals surface area contributed by atoms with Gasteiger partial charge in [0.15, 0.2) is 11.1 Å². The third-order valence-electron chi connectivity index (χ3n) is 1.61. The highest BCUT2D eigenvalue weighted by atomic mass is 32.2. The molecule has 0 radical (unpaired) electrons. The summed E-state index contributed by atoms with van der Waals surface area (Å²) in [6, 6.07) is 0. The first kappa shape index (κ1) is 12.1. The number of nitrogens with one attached hydrogen (secondary N) is 1. The molecule has 1 aromatic heterocycles. The second kappa shape index (κ2) is 6.52. The van der Waals surface area contributed by atoms with Gasteiger partial charge in [0.2, 0.25) is 0 Å². The molecule has 5 nitrogen and oxygen atoms in total. The SMILES string of the molecule is CN=C(N)NCCSCc1cnc(N)s1. The normalized spacial score (nSPS) is 11.7. The number of aliphatic imine (C=N–C) groups is 1. The van der Waals surface area contributed by atoms with Gasteiger partial charge in [0, 0.05) is 36.2 Å². The Morgan fingerprint density at radius 1 is 1.73 bits per heavy atom. The highest BCUT2D eigenvalue weighted by molar-refractivity contribution is 7.98. The number of nitrogen functional groups attached to an aromatic ring is 1. The molecule has 0 aromatic carbocycles. The number of hydrogen-bond acceptors (Lipinski definition) is 5. The van der Waals surface area contributed by atoms with Gasteiger partial charge in [-0.05, 0) is 0 Å². The monoisotopic (exact) mass is 245 g/mol. The number of guanidine groups is 1. The molecule has 1 rings (SSSR count). The summed E-state index contributed by atoms with van der Waals surface area (Å²) in [6.07, 6.45) is 1.82. The molecule has 5 N–H and O–H groups in total. The zero-order valence-electron chi connectivity index (χ0n) is 8.56. The van der Waals surface area contributed by atoms with Crippen LogP contribution in [0, 0.1) is 0 Å². The molecule has 0 amide bonds. The van der Waals surface area contributed by atoms with E-state index in [1.807, 2.05) is 18.0 Å². The second-order valence-electron chi connectivity index (χ2n) is 2.75. The molecule has 0 saturated carbocycles. The summed E-state index contributed by atoms with van der Waals surface area (Å²) in [5.74, 6) is 2.41. The first-order valence-corrected chi connectivity index (χ1v) is 6.43. The van der Waals surface area contributed by atoms with Crippen LogP contribution in [0.2, 0.25) is 0 Å². The maximum absolute atomic E-state index is 5.52. The van der Waals surface area contributed by atoms with Crippen molar-refractivity contribution in [1.82, 2.24) is 10.3 Å². The highest BCUT2D eigenvalue weighted by Crippen LogP contribution is 2.19. The highest BCUT2D eigenvalue weighted by Gasteiger charge is 1.98. The van der Waals surface area contributed by atoms with Gasteiger partial charge in [0.05, 0.1) is 0 Å². The minimum absolute atomic E-state index is 0.484. The lowest BCUT2D eigenvalue weighted by Crippen LogP contribution is -2.32. The standard InChI is InChI=1S/C8H15N5S2/c1-11-7(9)12-2-3-14-5-6-4-13-8(10)15-6/h4H,2-3,5H2,1H3,(H2,10,13)(H3,9,11,12). The van der Waals surface area contributed by atoms with Crippen LogP contribution in [-0.4, -0.2) is 30.3 Å². The van der Waals surface area contributed by atoms with Gasteiger partial charge >= 0.3 is 0 Å². The number of aromatic nitrogens is 1. The first-order valence-electron chi connectivity index (χ1n) is 4.46. The lowest BCUT2D eigenvalue weighted by Gasteiger charge is -2.03. The Balaban J connectivity index is 2.07. The van der Waals surface area contributed by atoms with Crippen molar-refractivity contribution in [2.75, 3.05) is 25.1 Å². The zero-order chi connectivity index (χ0) is 11.1. The molecule has 0 spiro atoms. The maximum atomic E-state index is 5.52. The van der Waals surface area contributed by atoms with Crippen molar-refractivity contribution < 1.29 is 0 Å². The van der Waals surface area contributed by atoms with E-state index in [1.54, 1.807) is 7.05 Å². The second-order valence-corrected chi connectivity index (χ2v) is 5.00. The van der Waals surface area contributed by atoms with E-state index in [-0.39, 0.29) is 0 Å². The van der Waals surface area contributed by atoms with Crippen molar-refractivity contribution in [3.8, 4) is 0 Å². The number of hydrogen-bond donors (Lipinski definition) is 3. The summed E-state index contributed by atoms with van der Waals surface area (Å²) in [5.41, 5.74) is 11.0. The average Bonchev–Trinajstić information content (AvgIpc) is 2.63. The molecule has 0 bridgehead atoms. The first-order chi connectivity index (χ1) is 7.22. The molecule has 0 aliphatic heterocycles. The van der Waals surface area contributed by atoms with Crippen molar-refractivity contribution >= 4 is 34.2 Å². The lowest BCUT2D eigenvalue weighted by molar-refractivity contribution is 0.959. The summed E-state index contributed by atoms with van der Waals surface area (Å²) < 4.78 is 0. The van der Waals surface area contributed by atoms with Gasteiger partial charge in [-0.3, -0.25) is 4.99 Å². The Kier molecular flexibility index (Phi) is 5.27. The van der Waals surface area contributed by atoms with Crippen LogP contribution >= 0.6 is 23.1 Å². The molecule has 0 unspecified atom stereocenters. The number of nitrogens with zero attached hydrogens (tertiary/aromatic N) is 2. The molecule has 84 valence electrons. The predicted octanol–water partition coefficient (Wildman–Crippen LogP) is 0.493. The smallest absolute Gasteiger partial charge is 0.188 e. The number of anilines is 1.